The number of pyridine rings is 2. The highest BCUT2D eigenvalue weighted by Crippen LogP contribution is 2.31. The van der Waals surface area contributed by atoms with Gasteiger partial charge < -0.3 is 29.2 Å². The van der Waals surface area contributed by atoms with Crippen LogP contribution in [0.3, 0.4) is 0 Å². The molecule has 3 aromatic rings. The van der Waals surface area contributed by atoms with Gasteiger partial charge in [-0.15, -0.1) is 0 Å². The second-order valence-corrected chi connectivity index (χ2v) is 9.88. The van der Waals surface area contributed by atoms with Crippen molar-refractivity contribution in [2.24, 2.45) is 0 Å². The summed E-state index contributed by atoms with van der Waals surface area (Å²) in [6, 6.07) is 7.76. The highest BCUT2D eigenvalue weighted by molar-refractivity contribution is 5.94. The van der Waals surface area contributed by atoms with Gasteiger partial charge in [-0.05, 0) is 43.9 Å². The summed E-state index contributed by atoms with van der Waals surface area (Å²) < 4.78 is 13.7. The Bertz CT molecular complexity index is 1240. The van der Waals surface area contributed by atoms with Gasteiger partial charge in [-0.25, -0.2) is 0 Å². The van der Waals surface area contributed by atoms with E-state index in [2.05, 4.69) is 15.2 Å². The van der Waals surface area contributed by atoms with Crippen molar-refractivity contribution in [3.05, 3.63) is 48.4 Å². The fraction of sp³-hybridized carbons (Fsp3) is 0.481. The molecule has 4 heterocycles. The lowest BCUT2D eigenvalue weighted by Crippen LogP contribution is -2.39. The van der Waals surface area contributed by atoms with E-state index in [4.69, 9.17) is 14.5 Å². The standard InChI is InChI=1S/C27H34N6O4/c1-31(2)25(34)18-32-11-9-19(17-32)26(35)29-20-5-7-21(8-6-20)37-27-22-4-3-10-28-23(22)16-24(30-27)33-12-14-36-15-13-33/h3-4,9-11,16-17,20-21H,5-8,12-15,18H2,1-2H3,(H,29,35)/t20-,21+. The van der Waals surface area contributed by atoms with E-state index in [-0.39, 0.29) is 30.5 Å². The van der Waals surface area contributed by atoms with E-state index < -0.39 is 0 Å². The second-order valence-electron chi connectivity index (χ2n) is 9.88. The third-order valence-electron chi connectivity index (χ3n) is 7.00. The highest BCUT2D eigenvalue weighted by atomic mass is 16.5. The molecule has 0 aromatic carbocycles. The lowest BCUT2D eigenvalue weighted by molar-refractivity contribution is -0.129. The van der Waals surface area contributed by atoms with Crippen LogP contribution in [-0.2, 0) is 16.1 Å². The topological polar surface area (TPSA) is 102 Å². The molecule has 1 aliphatic heterocycles. The molecule has 1 N–H and O–H groups in total. The van der Waals surface area contributed by atoms with E-state index in [1.807, 2.05) is 18.2 Å². The summed E-state index contributed by atoms with van der Waals surface area (Å²) >= 11 is 0. The normalized spacial score (nSPS) is 20.0. The van der Waals surface area contributed by atoms with E-state index in [0.29, 0.717) is 24.7 Å². The lowest BCUT2D eigenvalue weighted by atomic mass is 9.92. The van der Waals surface area contributed by atoms with E-state index in [1.54, 1.807) is 43.3 Å². The van der Waals surface area contributed by atoms with Crippen molar-refractivity contribution in [3.63, 3.8) is 0 Å². The minimum atomic E-state index is -0.114. The Balaban J connectivity index is 1.18. The van der Waals surface area contributed by atoms with E-state index >= 15 is 0 Å². The first-order valence-electron chi connectivity index (χ1n) is 12.9. The summed E-state index contributed by atoms with van der Waals surface area (Å²) in [7, 11) is 3.44. The Hall–Kier alpha value is -3.66. The summed E-state index contributed by atoms with van der Waals surface area (Å²) in [4.78, 5) is 37.8. The number of amides is 2. The number of carbonyl (C=O) groups is 2. The molecule has 196 valence electrons. The van der Waals surface area contributed by atoms with E-state index in [1.165, 1.54) is 4.90 Å². The van der Waals surface area contributed by atoms with Crippen molar-refractivity contribution in [2.75, 3.05) is 45.3 Å². The van der Waals surface area contributed by atoms with Gasteiger partial charge in [0, 0.05) is 57.9 Å². The SMILES string of the molecule is CN(C)C(=O)Cn1ccc(C(=O)N[C@H]2CC[C@@H](Oc3nc(N4CCOCC4)cc4ncccc34)CC2)c1. The summed E-state index contributed by atoms with van der Waals surface area (Å²) in [5.74, 6) is 1.35. The molecule has 2 amide bonds. The van der Waals surface area contributed by atoms with Crippen LogP contribution in [0.1, 0.15) is 36.0 Å². The summed E-state index contributed by atoms with van der Waals surface area (Å²) in [6.07, 6.45) is 8.61. The number of aromatic nitrogens is 3. The highest BCUT2D eigenvalue weighted by Gasteiger charge is 2.26. The Morgan fingerprint density at radius 3 is 2.70 bits per heavy atom. The number of nitrogens with one attached hydrogen (secondary N) is 1. The number of hydrogen-bond acceptors (Lipinski definition) is 7. The second kappa shape index (κ2) is 11.2. The minimum Gasteiger partial charge on any atom is -0.474 e. The third-order valence-corrected chi connectivity index (χ3v) is 7.00. The molecule has 2 fully saturated rings. The summed E-state index contributed by atoms with van der Waals surface area (Å²) in [6.45, 7) is 3.18. The zero-order chi connectivity index (χ0) is 25.8. The maximum absolute atomic E-state index is 12.8. The number of hydrogen-bond donors (Lipinski definition) is 1. The molecule has 3 aromatic heterocycles. The number of anilines is 1. The van der Waals surface area contributed by atoms with Crippen LogP contribution in [0.4, 0.5) is 5.82 Å². The van der Waals surface area contributed by atoms with Gasteiger partial charge in [-0.2, -0.15) is 4.98 Å². The van der Waals surface area contributed by atoms with Gasteiger partial charge in [0.15, 0.2) is 0 Å². The van der Waals surface area contributed by atoms with Crippen LogP contribution in [0, 0.1) is 0 Å². The van der Waals surface area contributed by atoms with Crippen LogP contribution >= 0.6 is 0 Å². The Morgan fingerprint density at radius 2 is 1.95 bits per heavy atom. The number of nitrogens with zero attached hydrogens (tertiary/aromatic N) is 5. The zero-order valence-corrected chi connectivity index (χ0v) is 21.4. The largest absolute Gasteiger partial charge is 0.474 e. The fourth-order valence-electron chi connectivity index (χ4n) is 4.80. The predicted molar refractivity (Wildman–Crippen MR) is 140 cm³/mol. The molecule has 1 saturated heterocycles. The van der Waals surface area contributed by atoms with E-state index in [0.717, 1.165) is 55.5 Å². The maximum atomic E-state index is 12.8. The summed E-state index contributed by atoms with van der Waals surface area (Å²) in [5, 5.41) is 4.05. The Labute approximate surface area is 216 Å². The molecule has 5 rings (SSSR count). The molecule has 37 heavy (non-hydrogen) atoms. The molecule has 2 aliphatic rings. The van der Waals surface area contributed by atoms with Gasteiger partial charge in [-0.1, -0.05) is 0 Å². The summed E-state index contributed by atoms with van der Waals surface area (Å²) in [5.41, 5.74) is 1.43. The number of likely N-dealkylation sites (N-methyl/N-ethyl adjacent to an activating group) is 1. The van der Waals surface area contributed by atoms with Crippen LogP contribution in [-0.4, -0.2) is 83.8 Å². The van der Waals surface area contributed by atoms with Gasteiger partial charge in [0.25, 0.3) is 5.91 Å². The lowest BCUT2D eigenvalue weighted by Gasteiger charge is -2.31. The van der Waals surface area contributed by atoms with Crippen LogP contribution in [0.15, 0.2) is 42.9 Å². The molecule has 0 atom stereocenters. The number of carbonyl (C=O) groups excluding carboxylic acids is 2. The monoisotopic (exact) mass is 506 g/mol. The van der Waals surface area contributed by atoms with Crippen molar-refractivity contribution in [3.8, 4) is 5.88 Å². The fourth-order valence-corrected chi connectivity index (χ4v) is 4.80. The maximum Gasteiger partial charge on any atom is 0.253 e. The van der Waals surface area contributed by atoms with E-state index in [9.17, 15) is 9.59 Å². The van der Waals surface area contributed by atoms with Crippen LogP contribution in [0.5, 0.6) is 5.88 Å². The van der Waals surface area contributed by atoms with Crippen molar-refractivity contribution in [1.29, 1.82) is 0 Å². The molecular formula is C27H34N6O4. The number of rotatable bonds is 7. The molecule has 0 radical (unpaired) electrons. The molecular weight excluding hydrogens is 472 g/mol. The van der Waals surface area contributed by atoms with Crippen molar-refractivity contribution in [1.82, 2.24) is 24.8 Å². The Kier molecular flexibility index (Phi) is 7.55. The third kappa shape index (κ3) is 6.02. The van der Waals surface area contributed by atoms with Gasteiger partial charge >= 0.3 is 0 Å². The van der Waals surface area contributed by atoms with Gasteiger partial charge in [-0.3, -0.25) is 14.6 Å². The molecule has 0 spiro atoms. The van der Waals surface area contributed by atoms with Crippen LogP contribution in [0.2, 0.25) is 0 Å². The van der Waals surface area contributed by atoms with Gasteiger partial charge in [0.1, 0.15) is 18.5 Å². The smallest absolute Gasteiger partial charge is 0.253 e. The van der Waals surface area contributed by atoms with Crippen LogP contribution < -0.4 is 15.0 Å². The molecule has 1 saturated carbocycles. The first-order valence-corrected chi connectivity index (χ1v) is 12.9. The van der Waals surface area contributed by atoms with Gasteiger partial charge in [0.2, 0.25) is 11.8 Å². The first-order chi connectivity index (χ1) is 18.0. The van der Waals surface area contributed by atoms with Crippen molar-refractivity contribution >= 4 is 28.5 Å². The van der Waals surface area contributed by atoms with Gasteiger partial charge in [0.05, 0.1) is 29.7 Å². The van der Waals surface area contributed by atoms with Crippen molar-refractivity contribution < 1.29 is 19.1 Å². The molecule has 10 heteroatoms. The van der Waals surface area contributed by atoms with Crippen molar-refractivity contribution in [2.45, 2.75) is 44.4 Å². The van der Waals surface area contributed by atoms with Crippen LogP contribution in [0.25, 0.3) is 10.9 Å². The molecule has 1 aliphatic carbocycles. The molecule has 10 nitrogen and oxygen atoms in total. The predicted octanol–water partition coefficient (Wildman–Crippen LogP) is 2.48. The first kappa shape index (κ1) is 25.0. The average Bonchev–Trinajstić information content (AvgIpc) is 3.39. The molecule has 0 bridgehead atoms. The number of morpholine rings is 1. The average molecular weight is 507 g/mol. The zero-order valence-electron chi connectivity index (χ0n) is 21.4. The molecule has 0 unspecified atom stereocenters. The number of fused-ring (bicyclic) bond motifs is 1. The Morgan fingerprint density at radius 1 is 1.16 bits per heavy atom. The minimum absolute atomic E-state index is 0.0191. The number of ether oxygens (including phenoxy) is 2. The quantitative estimate of drug-likeness (QED) is 0.525.